The minimum Gasteiger partial charge on any atom is -0.323 e. The summed E-state index contributed by atoms with van der Waals surface area (Å²) in [4.78, 5) is 30.0. The van der Waals surface area contributed by atoms with E-state index in [1.54, 1.807) is 0 Å². The number of nitrogens with one attached hydrogen (secondary N) is 1. The molecule has 0 unspecified atom stereocenters. The van der Waals surface area contributed by atoms with Crippen LogP contribution in [0.15, 0.2) is 24.3 Å². The Labute approximate surface area is 161 Å². The molecule has 1 saturated heterocycles. The summed E-state index contributed by atoms with van der Waals surface area (Å²) in [6.07, 6.45) is 10.5. The third-order valence-corrected chi connectivity index (χ3v) is 7.03. The van der Waals surface area contributed by atoms with Gasteiger partial charge in [-0.05, 0) is 49.7 Å². The largest absolute Gasteiger partial charge is 0.326 e. The monoisotopic (exact) mass is 367 g/mol. The van der Waals surface area contributed by atoms with Gasteiger partial charge in [-0.15, -0.1) is 0 Å². The lowest BCUT2D eigenvalue weighted by Crippen LogP contribution is -2.48. The van der Waals surface area contributed by atoms with Gasteiger partial charge in [-0.1, -0.05) is 49.9 Å². The van der Waals surface area contributed by atoms with Gasteiger partial charge in [0.2, 0.25) is 0 Å². The highest BCUT2D eigenvalue weighted by atomic mass is 16.2. The van der Waals surface area contributed by atoms with Crippen molar-refractivity contribution >= 4 is 11.9 Å². The number of hydrogen-bond acceptors (Lipinski definition) is 3. The van der Waals surface area contributed by atoms with Crippen molar-refractivity contribution in [3.8, 4) is 0 Å². The van der Waals surface area contributed by atoms with Crippen LogP contribution in [0.1, 0.15) is 75.0 Å². The summed E-state index contributed by atoms with van der Waals surface area (Å²) in [7, 11) is 0. The summed E-state index contributed by atoms with van der Waals surface area (Å²) in [5, 5.41) is 3.09. The average Bonchev–Trinajstić information content (AvgIpc) is 3.42. The number of carbonyl (C=O) groups excluding carboxylic acids is 2. The minimum atomic E-state index is -0.629. The van der Waals surface area contributed by atoms with Gasteiger partial charge in [0.05, 0.1) is 6.67 Å². The van der Waals surface area contributed by atoms with Crippen LogP contribution >= 0.6 is 0 Å². The van der Waals surface area contributed by atoms with Gasteiger partial charge in [-0.3, -0.25) is 9.69 Å². The molecule has 1 spiro atoms. The minimum absolute atomic E-state index is 0.0198. The van der Waals surface area contributed by atoms with Crippen LogP contribution in [0.2, 0.25) is 0 Å². The molecule has 1 N–H and O–H groups in total. The Morgan fingerprint density at radius 2 is 1.78 bits per heavy atom. The molecule has 4 aliphatic rings. The highest BCUT2D eigenvalue weighted by Gasteiger charge is 2.52. The lowest BCUT2D eigenvalue weighted by atomic mass is 9.90. The fourth-order valence-electron chi connectivity index (χ4n) is 5.39. The van der Waals surface area contributed by atoms with Gasteiger partial charge in [0.1, 0.15) is 5.54 Å². The standard InChI is InChI=1S/C22H29N3O2/c26-20-22(13-5-1-2-6-14-22)23-21(27)25(20)15-24(17-10-11-17)19-12-9-16-7-3-4-8-18(16)19/h3-4,7-8,17,19H,1-2,5-6,9-15H2,(H,23,27)/t19-/m0/s1. The molecular formula is C22H29N3O2. The zero-order valence-corrected chi connectivity index (χ0v) is 16.0. The molecular weight excluding hydrogens is 338 g/mol. The second-order valence-electron chi connectivity index (χ2n) is 8.80. The first-order valence-electron chi connectivity index (χ1n) is 10.7. The second kappa shape index (κ2) is 6.62. The molecule has 3 fully saturated rings. The Bertz CT molecular complexity index is 750. The number of nitrogens with zero attached hydrogens (tertiary/aromatic N) is 2. The number of rotatable bonds is 4. The number of amides is 3. The van der Waals surface area contributed by atoms with Crippen molar-refractivity contribution in [3.05, 3.63) is 35.4 Å². The first kappa shape index (κ1) is 17.2. The van der Waals surface area contributed by atoms with Crippen molar-refractivity contribution < 1.29 is 9.59 Å². The van der Waals surface area contributed by atoms with Crippen LogP contribution in [0.3, 0.4) is 0 Å². The number of hydrogen-bond donors (Lipinski definition) is 1. The van der Waals surface area contributed by atoms with Gasteiger partial charge >= 0.3 is 6.03 Å². The van der Waals surface area contributed by atoms with Gasteiger partial charge in [-0.25, -0.2) is 9.69 Å². The van der Waals surface area contributed by atoms with Crippen LogP contribution in [-0.4, -0.2) is 40.0 Å². The highest BCUT2D eigenvalue weighted by Crippen LogP contribution is 2.42. The molecule has 3 aliphatic carbocycles. The number of urea groups is 1. The molecule has 0 bridgehead atoms. The Balaban J connectivity index is 1.38. The first-order valence-corrected chi connectivity index (χ1v) is 10.7. The summed E-state index contributed by atoms with van der Waals surface area (Å²) in [5.41, 5.74) is 2.18. The van der Waals surface area contributed by atoms with Gasteiger partial charge in [-0.2, -0.15) is 0 Å². The maximum absolute atomic E-state index is 13.3. The Hall–Kier alpha value is -1.88. The third-order valence-electron chi connectivity index (χ3n) is 7.03. The SMILES string of the molecule is O=C1NC2(CCCCCC2)C(=O)N1CN(C1CC1)[C@H]1CCc2ccccc21. The average molecular weight is 367 g/mol. The smallest absolute Gasteiger partial charge is 0.323 e. The van der Waals surface area contributed by atoms with Gasteiger partial charge in [0.25, 0.3) is 5.91 Å². The fraction of sp³-hybridized carbons (Fsp3) is 0.636. The van der Waals surface area contributed by atoms with Crippen molar-refractivity contribution in [2.24, 2.45) is 0 Å². The fourth-order valence-corrected chi connectivity index (χ4v) is 5.39. The van der Waals surface area contributed by atoms with Crippen molar-refractivity contribution in [1.82, 2.24) is 15.1 Å². The van der Waals surface area contributed by atoms with E-state index in [0.29, 0.717) is 18.8 Å². The van der Waals surface area contributed by atoms with Crippen LogP contribution < -0.4 is 5.32 Å². The summed E-state index contributed by atoms with van der Waals surface area (Å²) < 4.78 is 0. The van der Waals surface area contributed by atoms with Gasteiger partial charge in [0.15, 0.2) is 0 Å². The topological polar surface area (TPSA) is 52.7 Å². The molecule has 5 nitrogen and oxygen atoms in total. The Morgan fingerprint density at radius 3 is 2.52 bits per heavy atom. The number of fused-ring (bicyclic) bond motifs is 1. The van der Waals surface area contributed by atoms with E-state index in [1.807, 2.05) is 0 Å². The summed E-state index contributed by atoms with van der Waals surface area (Å²) in [6.45, 7) is 0.441. The molecule has 1 aromatic rings. The van der Waals surface area contributed by atoms with Crippen LogP contribution in [0.25, 0.3) is 0 Å². The molecule has 1 aliphatic heterocycles. The molecule has 27 heavy (non-hydrogen) atoms. The molecule has 2 saturated carbocycles. The zero-order chi connectivity index (χ0) is 18.4. The summed E-state index contributed by atoms with van der Waals surface area (Å²) in [6, 6.07) is 9.31. The van der Waals surface area contributed by atoms with Crippen molar-refractivity contribution in [1.29, 1.82) is 0 Å². The molecule has 1 aromatic carbocycles. The molecule has 0 radical (unpaired) electrons. The molecule has 5 heteroatoms. The molecule has 5 rings (SSSR count). The van der Waals surface area contributed by atoms with Gasteiger partial charge in [0, 0.05) is 12.1 Å². The van der Waals surface area contributed by atoms with E-state index in [2.05, 4.69) is 34.5 Å². The predicted octanol–water partition coefficient (Wildman–Crippen LogP) is 3.74. The van der Waals surface area contributed by atoms with Crippen molar-refractivity contribution in [2.45, 2.75) is 81.8 Å². The van der Waals surface area contributed by atoms with E-state index in [9.17, 15) is 9.59 Å². The summed E-state index contributed by atoms with van der Waals surface area (Å²) in [5.74, 6) is 0.0198. The maximum Gasteiger partial charge on any atom is 0.326 e. The maximum atomic E-state index is 13.3. The Kier molecular flexibility index (Phi) is 4.23. The normalized spacial score (nSPS) is 27.1. The highest BCUT2D eigenvalue weighted by molar-refractivity contribution is 6.07. The van der Waals surface area contributed by atoms with Gasteiger partial charge < -0.3 is 5.32 Å². The third kappa shape index (κ3) is 2.96. The van der Waals surface area contributed by atoms with E-state index >= 15 is 0 Å². The van der Waals surface area contributed by atoms with Crippen LogP contribution in [0.5, 0.6) is 0 Å². The van der Waals surface area contributed by atoms with Crippen LogP contribution in [0.4, 0.5) is 4.79 Å². The first-order chi connectivity index (χ1) is 13.2. The number of imide groups is 1. The Morgan fingerprint density at radius 1 is 1.04 bits per heavy atom. The number of benzene rings is 1. The molecule has 0 aromatic heterocycles. The molecule has 1 heterocycles. The van der Waals surface area contributed by atoms with Crippen molar-refractivity contribution in [3.63, 3.8) is 0 Å². The van der Waals surface area contributed by atoms with Crippen LogP contribution in [-0.2, 0) is 11.2 Å². The van der Waals surface area contributed by atoms with Crippen LogP contribution in [0, 0.1) is 0 Å². The molecule has 1 atom stereocenters. The quantitative estimate of drug-likeness (QED) is 0.825. The van der Waals surface area contributed by atoms with E-state index in [0.717, 1.165) is 51.4 Å². The molecule has 144 valence electrons. The zero-order valence-electron chi connectivity index (χ0n) is 16.0. The van der Waals surface area contributed by atoms with Crippen molar-refractivity contribution in [2.75, 3.05) is 6.67 Å². The number of aryl methyl sites for hydroxylation is 1. The van der Waals surface area contributed by atoms with E-state index in [-0.39, 0.29) is 11.9 Å². The molecule has 3 amide bonds. The van der Waals surface area contributed by atoms with E-state index in [4.69, 9.17) is 0 Å². The second-order valence-corrected chi connectivity index (χ2v) is 8.80. The van der Waals surface area contributed by atoms with E-state index < -0.39 is 5.54 Å². The summed E-state index contributed by atoms with van der Waals surface area (Å²) >= 11 is 0. The van der Waals surface area contributed by atoms with E-state index in [1.165, 1.54) is 28.9 Å². The lowest BCUT2D eigenvalue weighted by Gasteiger charge is -2.33. The number of carbonyl (C=O) groups is 2. The lowest BCUT2D eigenvalue weighted by molar-refractivity contribution is -0.133. The predicted molar refractivity (Wildman–Crippen MR) is 103 cm³/mol.